The Morgan fingerprint density at radius 2 is 1.70 bits per heavy atom. The molecule has 50 heavy (non-hydrogen) atoms. The van der Waals surface area contributed by atoms with Crippen LogP contribution < -0.4 is 0 Å². The summed E-state index contributed by atoms with van der Waals surface area (Å²) in [6.45, 7) is 18.5. The first-order valence-electron chi connectivity index (χ1n) is 20.2. The molecule has 2 heterocycles. The molecule has 0 bridgehead atoms. The maximum atomic E-state index is 12.9. The Labute approximate surface area is 299 Å². The van der Waals surface area contributed by atoms with Crippen LogP contribution in [0.25, 0.3) is 0 Å². The number of carbonyl (C=O) groups is 2. The molecule has 2 N–H and O–H groups in total. The van der Waals surface area contributed by atoms with Crippen molar-refractivity contribution < 1.29 is 38.7 Å². The van der Waals surface area contributed by atoms with Gasteiger partial charge in [-0.3, -0.25) is 9.59 Å². The molecule has 2 aliphatic heterocycles. The number of fused-ring (bicyclic) bond motifs is 4. The van der Waals surface area contributed by atoms with E-state index in [1.807, 2.05) is 4.90 Å². The lowest BCUT2D eigenvalue weighted by Crippen LogP contribution is -2.60. The highest BCUT2D eigenvalue weighted by Crippen LogP contribution is 2.89. The van der Waals surface area contributed by atoms with Gasteiger partial charge in [0.1, 0.15) is 0 Å². The molecule has 0 aromatic carbocycles. The number of morpholine rings is 1. The molecule has 2 spiro atoms. The van der Waals surface area contributed by atoms with E-state index >= 15 is 0 Å². The molecule has 14 atom stereocenters. The third kappa shape index (κ3) is 5.01. The minimum atomic E-state index is -1.26. The summed E-state index contributed by atoms with van der Waals surface area (Å²) in [5, 5.41) is 23.6. The van der Waals surface area contributed by atoms with Gasteiger partial charge in [0.2, 0.25) is 5.91 Å². The molecule has 6 aliphatic carbocycles. The highest BCUT2D eigenvalue weighted by atomic mass is 16.7. The first-order valence-corrected chi connectivity index (χ1v) is 20.2. The average molecular weight is 700 g/mol. The lowest BCUT2D eigenvalue weighted by Gasteiger charge is -2.64. The van der Waals surface area contributed by atoms with Crippen LogP contribution in [0.4, 0.5) is 0 Å². The molecule has 9 heteroatoms. The Kier molecular flexibility index (Phi) is 8.31. The molecule has 1 amide bonds. The van der Waals surface area contributed by atoms with Crippen LogP contribution in [0.15, 0.2) is 0 Å². The van der Waals surface area contributed by atoms with E-state index in [1.54, 1.807) is 13.8 Å². The van der Waals surface area contributed by atoms with Crippen LogP contribution >= 0.6 is 0 Å². The van der Waals surface area contributed by atoms with E-state index < -0.39 is 29.9 Å². The number of carbonyl (C=O) groups excluding carboxylic acids is 2. The van der Waals surface area contributed by atoms with Crippen LogP contribution in [0, 0.1) is 56.7 Å². The summed E-state index contributed by atoms with van der Waals surface area (Å²) in [7, 11) is 0. The van der Waals surface area contributed by atoms with Crippen LogP contribution in [0.5, 0.6) is 0 Å². The number of aliphatic hydroxyl groups is 2. The smallest absolute Gasteiger partial charge is 0.303 e. The number of hydrogen-bond acceptors (Lipinski definition) is 8. The largest absolute Gasteiger partial charge is 0.457 e. The zero-order valence-electron chi connectivity index (χ0n) is 32.0. The van der Waals surface area contributed by atoms with Crippen LogP contribution in [0.2, 0.25) is 0 Å². The highest BCUT2D eigenvalue weighted by Gasteiger charge is 2.84. The predicted octanol–water partition coefficient (Wildman–Crippen LogP) is 5.87. The summed E-state index contributed by atoms with van der Waals surface area (Å²) in [5.74, 6) is 1.84. The number of rotatable bonds is 7. The minimum absolute atomic E-state index is 0.0199. The topological polar surface area (TPSA) is 115 Å². The number of nitrogens with zero attached hydrogens (tertiary/aromatic N) is 1. The average Bonchev–Trinajstić information content (AvgIpc) is 3.96. The number of amides is 1. The van der Waals surface area contributed by atoms with Crippen molar-refractivity contribution in [2.24, 2.45) is 56.7 Å². The van der Waals surface area contributed by atoms with E-state index in [4.69, 9.17) is 18.9 Å². The molecule has 0 aromatic rings. The van der Waals surface area contributed by atoms with Crippen molar-refractivity contribution in [1.82, 2.24) is 4.90 Å². The van der Waals surface area contributed by atoms with Crippen molar-refractivity contribution in [3.8, 4) is 0 Å². The molecule has 6 saturated carbocycles. The number of aliphatic hydroxyl groups excluding tert-OH is 1. The van der Waals surface area contributed by atoms with Crippen molar-refractivity contribution in [3.63, 3.8) is 0 Å². The van der Waals surface area contributed by atoms with Crippen LogP contribution in [0.1, 0.15) is 126 Å². The van der Waals surface area contributed by atoms with E-state index in [9.17, 15) is 19.8 Å². The van der Waals surface area contributed by atoms with E-state index in [2.05, 4.69) is 34.6 Å². The lowest BCUT2D eigenvalue weighted by atomic mass is 9.41. The van der Waals surface area contributed by atoms with Crippen molar-refractivity contribution in [1.29, 1.82) is 0 Å². The van der Waals surface area contributed by atoms with Gasteiger partial charge >= 0.3 is 5.97 Å². The molecule has 2 saturated heterocycles. The van der Waals surface area contributed by atoms with Gasteiger partial charge in [-0.1, -0.05) is 34.6 Å². The number of ether oxygens (including phenoxy) is 4. The Bertz CT molecular complexity index is 1370. The monoisotopic (exact) mass is 699 g/mol. The van der Waals surface area contributed by atoms with Gasteiger partial charge in [-0.05, 0) is 129 Å². The zero-order valence-corrected chi connectivity index (χ0v) is 32.0. The molecular weight excluding hydrogens is 634 g/mol. The third-order valence-corrected chi connectivity index (χ3v) is 17.0. The minimum Gasteiger partial charge on any atom is -0.457 e. The third-order valence-electron chi connectivity index (χ3n) is 17.0. The fourth-order valence-electron chi connectivity index (χ4n) is 14.4. The lowest BCUT2D eigenvalue weighted by molar-refractivity contribution is -0.248. The molecule has 8 fully saturated rings. The zero-order chi connectivity index (χ0) is 35.8. The summed E-state index contributed by atoms with van der Waals surface area (Å²) in [5.41, 5.74) is -1.16. The second-order valence-electron chi connectivity index (χ2n) is 20.2. The summed E-state index contributed by atoms with van der Waals surface area (Å²) < 4.78 is 25.5. The molecule has 9 nitrogen and oxygen atoms in total. The molecule has 8 aliphatic rings. The Hall–Kier alpha value is -1.26. The standard InChI is InChI=1S/C41H65NO8/c1-23-19-26(35(37(5,6)46)48-24(2)43)49-33-32(23)38(7)15-16-41-22-40(41)14-13-29(36(3,4)27(40)11-12-28(41)39(38,8)34(33)45)50-31-21-42(17-18-47-31)30(44)20-25-9-10-25/h23,25-29,31-35,45-46H,9-22H2,1-8H3/t23-,26?,27+,28?,29+,31+,32+,33?,34+,35+,38-,39-,40-,41+/m1/s1. The quantitative estimate of drug-likeness (QED) is 0.317. The molecular formula is C41H65NO8. The molecule has 8 rings (SSSR count). The summed E-state index contributed by atoms with van der Waals surface area (Å²) in [6, 6.07) is 0. The first-order chi connectivity index (χ1) is 23.4. The fraction of sp³-hybridized carbons (Fsp3) is 0.951. The SMILES string of the molecule is CC(=O)O[C@@H](C1C[C@@H](C)[C@H]2C(O1)[C@H](O)[C@@]1(C)C3CC[C@H]4C(C)(C)[C@@H](O[C@H]5CN(C(=O)CC6CC6)CCO5)CC[C@@]45C[C@@]35CC[C@]21C)C(C)(C)O. The van der Waals surface area contributed by atoms with E-state index in [0.717, 1.165) is 32.1 Å². The van der Waals surface area contributed by atoms with Gasteiger partial charge in [0.25, 0.3) is 0 Å². The fourth-order valence-corrected chi connectivity index (χ4v) is 14.4. The predicted molar refractivity (Wildman–Crippen MR) is 186 cm³/mol. The number of esters is 1. The van der Waals surface area contributed by atoms with Crippen LogP contribution in [-0.2, 0) is 28.5 Å². The molecule has 282 valence electrons. The van der Waals surface area contributed by atoms with E-state index in [-0.39, 0.29) is 63.3 Å². The number of hydrogen-bond donors (Lipinski definition) is 2. The molecule has 0 radical (unpaired) electrons. The normalized spacial score (nSPS) is 49.8. The summed E-state index contributed by atoms with van der Waals surface area (Å²) in [6.07, 6.45) is 9.16. The van der Waals surface area contributed by atoms with Crippen LogP contribution in [0.3, 0.4) is 0 Å². The van der Waals surface area contributed by atoms with Gasteiger partial charge in [-0.2, -0.15) is 0 Å². The van der Waals surface area contributed by atoms with Gasteiger partial charge in [-0.15, -0.1) is 0 Å². The van der Waals surface area contributed by atoms with Crippen molar-refractivity contribution >= 4 is 11.9 Å². The Morgan fingerprint density at radius 1 is 1.00 bits per heavy atom. The van der Waals surface area contributed by atoms with Gasteiger partial charge in [0.15, 0.2) is 12.4 Å². The van der Waals surface area contributed by atoms with Crippen LogP contribution in [-0.4, -0.2) is 89.1 Å². The van der Waals surface area contributed by atoms with Gasteiger partial charge in [0, 0.05) is 25.3 Å². The summed E-state index contributed by atoms with van der Waals surface area (Å²) in [4.78, 5) is 27.0. The van der Waals surface area contributed by atoms with E-state index in [0.29, 0.717) is 50.3 Å². The first kappa shape index (κ1) is 35.8. The Morgan fingerprint density at radius 3 is 2.38 bits per heavy atom. The van der Waals surface area contributed by atoms with Crippen molar-refractivity contribution in [2.45, 2.75) is 168 Å². The molecule has 3 unspecified atom stereocenters. The highest BCUT2D eigenvalue weighted by molar-refractivity contribution is 5.76. The second kappa shape index (κ2) is 11.6. The molecule has 0 aromatic heterocycles. The summed E-state index contributed by atoms with van der Waals surface area (Å²) >= 11 is 0. The Balaban J connectivity index is 1.01. The van der Waals surface area contributed by atoms with Crippen molar-refractivity contribution in [2.75, 3.05) is 19.7 Å². The second-order valence-corrected chi connectivity index (χ2v) is 20.2. The maximum absolute atomic E-state index is 12.9. The van der Waals surface area contributed by atoms with E-state index in [1.165, 1.54) is 32.6 Å². The van der Waals surface area contributed by atoms with Gasteiger partial charge in [0.05, 0.1) is 43.2 Å². The maximum Gasteiger partial charge on any atom is 0.303 e. The van der Waals surface area contributed by atoms with Gasteiger partial charge < -0.3 is 34.1 Å². The van der Waals surface area contributed by atoms with Crippen molar-refractivity contribution in [3.05, 3.63) is 0 Å². The van der Waals surface area contributed by atoms with Gasteiger partial charge in [-0.25, -0.2) is 0 Å².